The molecule has 0 spiro atoms. The molecule has 8 heteroatoms. The highest BCUT2D eigenvalue weighted by molar-refractivity contribution is 6.24. The minimum absolute atomic E-state index is 0.0803. The molecule has 6 atom stereocenters. The second-order valence-electron chi connectivity index (χ2n) is 10.5. The summed E-state index contributed by atoms with van der Waals surface area (Å²) in [6, 6.07) is 16.3. The van der Waals surface area contributed by atoms with Crippen LogP contribution in [0.5, 0.6) is 5.75 Å². The van der Waals surface area contributed by atoms with Gasteiger partial charge < -0.3 is 9.84 Å². The number of hydrogen-bond donors (Lipinski definition) is 2. The summed E-state index contributed by atoms with van der Waals surface area (Å²) >= 11 is 0. The molecule has 2 aromatic rings. The smallest absolute Gasteiger partial charge is 0.241 e. The van der Waals surface area contributed by atoms with Gasteiger partial charge in [0, 0.05) is 11.5 Å². The number of rotatable bonds is 5. The molecule has 4 amide bonds. The Hall–Kier alpha value is -3.78. The Balaban J connectivity index is 1.54. The van der Waals surface area contributed by atoms with Crippen LogP contribution in [0.25, 0.3) is 0 Å². The molecule has 2 saturated heterocycles. The minimum atomic E-state index is -1.13. The van der Waals surface area contributed by atoms with Crippen molar-refractivity contribution in [2.75, 3.05) is 18.1 Å². The Morgan fingerprint density at radius 3 is 2.49 bits per heavy atom. The molecule has 2 aliphatic heterocycles. The van der Waals surface area contributed by atoms with E-state index in [0.717, 1.165) is 11.1 Å². The van der Waals surface area contributed by atoms with Gasteiger partial charge in [-0.2, -0.15) is 0 Å². The zero-order valence-corrected chi connectivity index (χ0v) is 20.4. The topological polar surface area (TPSA) is 113 Å². The van der Waals surface area contributed by atoms with Crippen LogP contribution < -0.4 is 15.0 Å². The van der Waals surface area contributed by atoms with Crippen LogP contribution in [-0.2, 0) is 19.2 Å². The van der Waals surface area contributed by atoms with E-state index in [1.807, 2.05) is 37.3 Å². The highest BCUT2D eigenvalue weighted by atomic mass is 16.5. The van der Waals surface area contributed by atoms with Crippen molar-refractivity contribution in [1.29, 1.82) is 0 Å². The van der Waals surface area contributed by atoms with E-state index in [0.29, 0.717) is 24.3 Å². The Kier molecular flexibility index (Phi) is 5.53. The maximum absolute atomic E-state index is 14.3. The predicted octanol–water partition coefficient (Wildman–Crippen LogP) is 2.58. The molecule has 0 aromatic heterocycles. The molecule has 8 nitrogen and oxygen atoms in total. The zero-order chi connectivity index (χ0) is 25.9. The predicted molar refractivity (Wildman–Crippen MR) is 133 cm³/mol. The van der Waals surface area contributed by atoms with Crippen molar-refractivity contribution >= 4 is 29.3 Å². The number of amides is 4. The van der Waals surface area contributed by atoms with Gasteiger partial charge in [0.1, 0.15) is 12.4 Å². The molecule has 2 aromatic carbocycles. The first-order valence-corrected chi connectivity index (χ1v) is 12.7. The maximum Gasteiger partial charge on any atom is 0.241 e. The van der Waals surface area contributed by atoms with Crippen molar-refractivity contribution in [3.05, 3.63) is 71.8 Å². The number of carbonyl (C=O) groups is 4. The first-order chi connectivity index (χ1) is 17.9. The fourth-order valence-electron chi connectivity index (χ4n) is 7.10. The second-order valence-corrected chi connectivity index (χ2v) is 10.5. The van der Waals surface area contributed by atoms with Gasteiger partial charge in [0.15, 0.2) is 0 Å². The number of hydrogen-bond acceptors (Lipinski definition) is 6. The number of anilines is 1. The molecule has 2 aliphatic carbocycles. The summed E-state index contributed by atoms with van der Waals surface area (Å²) in [6.45, 7) is 1.75. The number of ether oxygens (including phenoxy) is 1. The molecule has 0 unspecified atom stereocenters. The summed E-state index contributed by atoms with van der Waals surface area (Å²) in [6.07, 6.45) is 2.71. The van der Waals surface area contributed by atoms with Crippen LogP contribution in [0.3, 0.4) is 0 Å². The third-order valence-corrected chi connectivity index (χ3v) is 8.71. The Labute approximate surface area is 214 Å². The summed E-state index contributed by atoms with van der Waals surface area (Å²) < 4.78 is 5.89. The lowest BCUT2D eigenvalue weighted by atomic mass is 9.51. The average Bonchev–Trinajstić information content (AvgIpc) is 3.30. The van der Waals surface area contributed by atoms with Crippen molar-refractivity contribution in [3.8, 4) is 5.75 Å². The fraction of sp³-hybridized carbons (Fsp3) is 0.379. The van der Waals surface area contributed by atoms with Crippen molar-refractivity contribution in [3.63, 3.8) is 0 Å². The first-order valence-electron chi connectivity index (χ1n) is 12.7. The largest absolute Gasteiger partial charge is 0.491 e. The van der Waals surface area contributed by atoms with Crippen molar-refractivity contribution in [2.24, 2.45) is 29.1 Å². The third kappa shape index (κ3) is 3.31. The molecule has 0 bridgehead atoms. The van der Waals surface area contributed by atoms with Crippen LogP contribution in [-0.4, -0.2) is 41.9 Å². The standard InChI is InChI=1S/C29H28N2O6/c1-29-21(27(35)31(28(29)36)16-7-3-2-4-8-16)15-20-17(11-12-19-23(20)26(34)30-25(19)33)24(29)18-9-5-6-10-22(18)37-14-13-32/h2-11,19-21,23-24,32H,12-15H2,1H3,(H,30,33,34)/t19-,20+,21-,23-,24+,29+/m0/s1. The normalized spacial score (nSPS) is 32.4. The van der Waals surface area contributed by atoms with E-state index in [4.69, 9.17) is 4.74 Å². The van der Waals surface area contributed by atoms with Crippen LogP contribution >= 0.6 is 0 Å². The van der Waals surface area contributed by atoms with Gasteiger partial charge >= 0.3 is 0 Å². The van der Waals surface area contributed by atoms with E-state index >= 15 is 0 Å². The number of imide groups is 2. The van der Waals surface area contributed by atoms with E-state index in [-0.39, 0.29) is 42.8 Å². The molecule has 0 radical (unpaired) electrons. The number of para-hydroxylation sites is 2. The molecule has 190 valence electrons. The molecule has 6 rings (SSSR count). The van der Waals surface area contributed by atoms with Crippen LogP contribution in [0.1, 0.15) is 31.2 Å². The Morgan fingerprint density at radius 2 is 1.73 bits per heavy atom. The van der Waals surface area contributed by atoms with Gasteiger partial charge in [-0.1, -0.05) is 48.0 Å². The lowest BCUT2D eigenvalue weighted by molar-refractivity contribution is -0.131. The maximum atomic E-state index is 14.3. The summed E-state index contributed by atoms with van der Waals surface area (Å²) in [7, 11) is 0. The molecular weight excluding hydrogens is 472 g/mol. The van der Waals surface area contributed by atoms with Gasteiger partial charge in [-0.15, -0.1) is 0 Å². The van der Waals surface area contributed by atoms with Gasteiger partial charge in [-0.05, 0) is 43.9 Å². The third-order valence-electron chi connectivity index (χ3n) is 8.71. The summed E-state index contributed by atoms with van der Waals surface area (Å²) in [5, 5.41) is 11.9. The number of nitrogens with one attached hydrogen (secondary N) is 1. The van der Waals surface area contributed by atoms with Gasteiger partial charge in [0.2, 0.25) is 23.6 Å². The van der Waals surface area contributed by atoms with Gasteiger partial charge in [-0.3, -0.25) is 24.5 Å². The van der Waals surface area contributed by atoms with Crippen molar-refractivity contribution < 1.29 is 29.0 Å². The first kappa shape index (κ1) is 23.6. The Morgan fingerprint density at radius 1 is 1.00 bits per heavy atom. The number of carbonyl (C=O) groups excluding carboxylic acids is 4. The summed E-state index contributed by atoms with van der Waals surface area (Å²) in [5.41, 5.74) is 1.03. The number of fused-ring (bicyclic) bond motifs is 4. The quantitative estimate of drug-likeness (QED) is 0.482. The van der Waals surface area contributed by atoms with Crippen molar-refractivity contribution in [2.45, 2.75) is 25.7 Å². The molecule has 2 N–H and O–H groups in total. The average molecular weight is 501 g/mol. The molecule has 1 saturated carbocycles. The number of nitrogens with zero attached hydrogens (tertiary/aromatic N) is 1. The van der Waals surface area contributed by atoms with E-state index in [1.54, 1.807) is 30.3 Å². The molecule has 37 heavy (non-hydrogen) atoms. The van der Waals surface area contributed by atoms with Crippen LogP contribution in [0, 0.1) is 29.1 Å². The van der Waals surface area contributed by atoms with E-state index in [2.05, 4.69) is 5.32 Å². The molecule has 2 heterocycles. The van der Waals surface area contributed by atoms with Crippen molar-refractivity contribution in [1.82, 2.24) is 5.32 Å². The van der Waals surface area contributed by atoms with E-state index in [9.17, 15) is 24.3 Å². The van der Waals surface area contributed by atoms with Gasteiger partial charge in [0.05, 0.1) is 35.5 Å². The molecule has 4 aliphatic rings. The van der Waals surface area contributed by atoms with Gasteiger partial charge in [0.25, 0.3) is 0 Å². The lowest BCUT2D eigenvalue weighted by Crippen LogP contribution is -2.48. The lowest BCUT2D eigenvalue weighted by Gasteiger charge is -2.49. The number of aliphatic hydroxyl groups is 1. The summed E-state index contributed by atoms with van der Waals surface area (Å²) in [5.74, 6) is -3.25. The minimum Gasteiger partial charge on any atom is -0.491 e. The number of allylic oxidation sites excluding steroid dienone is 2. The number of aliphatic hydroxyl groups excluding tert-OH is 1. The van der Waals surface area contributed by atoms with Crippen LogP contribution in [0.15, 0.2) is 66.2 Å². The zero-order valence-electron chi connectivity index (χ0n) is 20.4. The van der Waals surface area contributed by atoms with E-state index in [1.165, 1.54) is 4.90 Å². The fourth-order valence-corrected chi connectivity index (χ4v) is 7.10. The highest BCUT2D eigenvalue weighted by Gasteiger charge is 2.67. The summed E-state index contributed by atoms with van der Waals surface area (Å²) in [4.78, 5) is 55.0. The van der Waals surface area contributed by atoms with E-state index < -0.39 is 29.1 Å². The van der Waals surface area contributed by atoms with Crippen LogP contribution in [0.2, 0.25) is 0 Å². The molecule has 3 fully saturated rings. The SMILES string of the molecule is C[C@@]12C(=O)N(c3ccccc3)C(=O)[C@@H]1C[C@@H]1C(=CC[C@@H]3C(=O)NC(=O)[C@@H]31)[C@@H]2c1ccccc1OCCO. The number of benzene rings is 2. The highest BCUT2D eigenvalue weighted by Crippen LogP contribution is 2.64. The second kappa shape index (κ2) is 8.66. The van der Waals surface area contributed by atoms with Gasteiger partial charge in [-0.25, -0.2) is 4.90 Å². The molecular formula is C29H28N2O6. The van der Waals surface area contributed by atoms with Crippen LogP contribution in [0.4, 0.5) is 5.69 Å². The monoisotopic (exact) mass is 500 g/mol. The Bertz CT molecular complexity index is 1340.